The Bertz CT molecular complexity index is 3580. The first kappa shape index (κ1) is 33.5. The third kappa shape index (κ3) is 4.26. The van der Waals surface area contributed by atoms with Crippen LogP contribution in [-0.2, 0) is 15.3 Å². The highest BCUT2D eigenvalue weighted by Gasteiger charge is 2.48. The number of fused-ring (bicyclic) bond motifs is 12. The van der Waals surface area contributed by atoms with Crippen molar-refractivity contribution in [2.24, 2.45) is 0 Å². The lowest BCUT2D eigenvalue weighted by atomic mass is 9.67. The van der Waals surface area contributed by atoms with Gasteiger partial charge in [-0.05, 0) is 94.0 Å². The average Bonchev–Trinajstić information content (AvgIpc) is 3.98. The Morgan fingerprint density at radius 1 is 0.333 bits per heavy atom. The highest BCUT2D eigenvalue weighted by molar-refractivity contribution is 7.92. The van der Waals surface area contributed by atoms with E-state index in [9.17, 15) is 8.42 Å². The molecule has 0 atom stereocenters. The minimum absolute atomic E-state index is 0.340. The van der Waals surface area contributed by atoms with Gasteiger partial charge >= 0.3 is 0 Å². The summed E-state index contributed by atoms with van der Waals surface area (Å²) < 4.78 is 34.5. The molecule has 2 aliphatic rings. The molecular weight excluding hydrogens is 753 g/mol. The molecule has 0 fully saturated rings. The summed E-state index contributed by atoms with van der Waals surface area (Å²) in [5.74, 6) is 0. The van der Waals surface area contributed by atoms with E-state index in [1.54, 1.807) is 0 Å². The molecular formula is C55H34N2O2S. The zero-order valence-electron chi connectivity index (χ0n) is 32.2. The first-order valence-corrected chi connectivity index (χ1v) is 21.8. The molecule has 282 valence electrons. The van der Waals surface area contributed by atoms with Gasteiger partial charge in [-0.1, -0.05) is 146 Å². The van der Waals surface area contributed by atoms with Crippen molar-refractivity contribution in [1.29, 1.82) is 0 Å². The molecule has 5 heteroatoms. The summed E-state index contributed by atoms with van der Waals surface area (Å²) in [4.78, 5) is 0.692. The van der Waals surface area contributed by atoms with Crippen molar-refractivity contribution in [2.75, 3.05) is 0 Å². The van der Waals surface area contributed by atoms with Crippen molar-refractivity contribution in [3.63, 3.8) is 0 Å². The second-order valence-corrected chi connectivity index (χ2v) is 17.9. The van der Waals surface area contributed by atoms with Crippen LogP contribution in [0, 0.1) is 0 Å². The van der Waals surface area contributed by atoms with Crippen LogP contribution in [0.4, 0.5) is 0 Å². The van der Waals surface area contributed by atoms with Gasteiger partial charge in [0.1, 0.15) is 0 Å². The Morgan fingerprint density at radius 3 is 1.23 bits per heavy atom. The fourth-order valence-corrected chi connectivity index (χ4v) is 12.4. The topological polar surface area (TPSA) is 44.0 Å². The summed E-state index contributed by atoms with van der Waals surface area (Å²) in [7, 11) is -3.89. The van der Waals surface area contributed by atoms with Crippen LogP contribution in [0.15, 0.2) is 216 Å². The van der Waals surface area contributed by atoms with E-state index < -0.39 is 15.3 Å². The van der Waals surface area contributed by atoms with Gasteiger partial charge in [-0.15, -0.1) is 0 Å². The van der Waals surface area contributed by atoms with Crippen molar-refractivity contribution in [3.8, 4) is 33.6 Å². The number of sulfone groups is 1. The van der Waals surface area contributed by atoms with Crippen molar-refractivity contribution < 1.29 is 8.42 Å². The Labute approximate surface area is 346 Å². The van der Waals surface area contributed by atoms with Crippen LogP contribution >= 0.6 is 0 Å². The number of aromatic nitrogens is 2. The SMILES string of the molecule is O=S1(=O)c2cc(-n3c4ccccc4c4ccccc43)ccc2-c2cc3c(cc21)-c1ccc(-n2c4ccccc4c4ccccc42)cc1C3(c1ccccc1)c1ccccc1. The number of rotatable bonds is 4. The van der Waals surface area contributed by atoms with E-state index in [0.717, 1.165) is 88.7 Å². The molecule has 0 spiro atoms. The predicted molar refractivity (Wildman–Crippen MR) is 243 cm³/mol. The third-order valence-corrected chi connectivity index (χ3v) is 15.0. The highest BCUT2D eigenvalue weighted by atomic mass is 32.2. The van der Waals surface area contributed by atoms with Gasteiger partial charge in [0.05, 0.1) is 37.3 Å². The molecule has 0 radical (unpaired) electrons. The summed E-state index contributed by atoms with van der Waals surface area (Å²) in [6.07, 6.45) is 0. The maximum absolute atomic E-state index is 15.0. The molecule has 13 rings (SSSR count). The van der Waals surface area contributed by atoms with Crippen molar-refractivity contribution >= 4 is 53.4 Å². The van der Waals surface area contributed by atoms with Crippen LogP contribution in [0.25, 0.3) is 77.2 Å². The van der Waals surface area contributed by atoms with Gasteiger partial charge in [0, 0.05) is 44.0 Å². The van der Waals surface area contributed by atoms with Gasteiger partial charge in [0.2, 0.25) is 9.84 Å². The minimum atomic E-state index is -3.89. The summed E-state index contributed by atoms with van der Waals surface area (Å²) in [5.41, 5.74) is 13.4. The normalized spacial score (nSPS) is 14.4. The van der Waals surface area contributed by atoms with Crippen LogP contribution in [0.1, 0.15) is 22.3 Å². The zero-order chi connectivity index (χ0) is 39.7. The highest BCUT2D eigenvalue weighted by Crippen LogP contribution is 2.59. The smallest absolute Gasteiger partial charge is 0.207 e. The molecule has 1 aliphatic heterocycles. The number of hydrogen-bond acceptors (Lipinski definition) is 2. The Kier molecular flexibility index (Phi) is 6.72. The fourth-order valence-electron chi connectivity index (χ4n) is 10.7. The average molecular weight is 787 g/mol. The molecule has 0 bridgehead atoms. The molecule has 0 amide bonds. The number of benzene rings is 9. The van der Waals surface area contributed by atoms with Crippen molar-refractivity contribution in [1.82, 2.24) is 9.13 Å². The number of hydrogen-bond donors (Lipinski definition) is 0. The van der Waals surface area contributed by atoms with E-state index in [1.807, 2.05) is 30.3 Å². The largest absolute Gasteiger partial charge is 0.309 e. The van der Waals surface area contributed by atoms with E-state index in [4.69, 9.17) is 0 Å². The molecule has 0 saturated heterocycles. The third-order valence-electron chi connectivity index (χ3n) is 13.1. The van der Waals surface area contributed by atoms with Crippen LogP contribution in [-0.4, -0.2) is 17.6 Å². The van der Waals surface area contributed by atoms with E-state index in [2.05, 4.69) is 185 Å². The van der Waals surface area contributed by atoms with Gasteiger partial charge in [0.25, 0.3) is 0 Å². The molecule has 0 saturated carbocycles. The molecule has 0 N–H and O–H groups in total. The van der Waals surface area contributed by atoms with Gasteiger partial charge in [-0.25, -0.2) is 8.42 Å². The maximum atomic E-state index is 15.0. The van der Waals surface area contributed by atoms with Crippen molar-refractivity contribution in [3.05, 3.63) is 229 Å². The van der Waals surface area contributed by atoms with Crippen LogP contribution in [0.3, 0.4) is 0 Å². The minimum Gasteiger partial charge on any atom is -0.309 e. The Hall–Kier alpha value is -7.47. The van der Waals surface area contributed by atoms with Gasteiger partial charge in [-0.2, -0.15) is 0 Å². The molecule has 60 heavy (non-hydrogen) atoms. The second kappa shape index (κ2) is 12.0. The summed E-state index contributed by atoms with van der Waals surface area (Å²) in [6.45, 7) is 0. The zero-order valence-corrected chi connectivity index (χ0v) is 33.1. The maximum Gasteiger partial charge on any atom is 0.207 e. The monoisotopic (exact) mass is 786 g/mol. The lowest BCUT2D eigenvalue weighted by Crippen LogP contribution is -2.28. The Balaban J connectivity index is 1.08. The van der Waals surface area contributed by atoms with Crippen LogP contribution in [0.5, 0.6) is 0 Å². The first-order chi connectivity index (χ1) is 29.5. The van der Waals surface area contributed by atoms with E-state index in [1.165, 1.54) is 10.8 Å². The van der Waals surface area contributed by atoms with Gasteiger partial charge in [-0.3, -0.25) is 0 Å². The molecule has 4 nitrogen and oxygen atoms in total. The molecule has 1 aliphatic carbocycles. The summed E-state index contributed by atoms with van der Waals surface area (Å²) in [5, 5.41) is 4.68. The molecule has 3 heterocycles. The van der Waals surface area contributed by atoms with E-state index in [-0.39, 0.29) is 0 Å². The fraction of sp³-hybridized carbons (Fsp3) is 0.0182. The summed E-state index contributed by atoms with van der Waals surface area (Å²) in [6, 6.07) is 72.1. The van der Waals surface area contributed by atoms with Gasteiger partial charge in [0.15, 0.2) is 0 Å². The van der Waals surface area contributed by atoms with Gasteiger partial charge < -0.3 is 9.13 Å². The molecule has 9 aromatic carbocycles. The van der Waals surface area contributed by atoms with Crippen LogP contribution < -0.4 is 0 Å². The quantitative estimate of drug-likeness (QED) is 0.178. The molecule has 11 aromatic rings. The molecule has 2 aromatic heterocycles. The lowest BCUT2D eigenvalue weighted by molar-refractivity contribution is 0.598. The van der Waals surface area contributed by atoms with Crippen molar-refractivity contribution in [2.45, 2.75) is 15.2 Å². The molecule has 0 unspecified atom stereocenters. The standard InChI is InChI=1S/C55H34N2O2S/c58-60(59)53-32-38(57-51-25-13-9-21-42(51)43-22-10-14-26-52(43)57)28-30-44(53)46-33-48-45(34-54(46)60)39-29-27-37(56-49-23-11-7-19-40(49)41-20-8-12-24-50(41)56)31-47(39)55(48,35-15-3-1-4-16-35)36-17-5-2-6-18-36/h1-34H. The Morgan fingerprint density at radius 2 is 0.733 bits per heavy atom. The number of para-hydroxylation sites is 4. The lowest BCUT2D eigenvalue weighted by Gasteiger charge is -2.34. The predicted octanol–water partition coefficient (Wildman–Crippen LogP) is 13.1. The van der Waals surface area contributed by atoms with Crippen LogP contribution in [0.2, 0.25) is 0 Å². The van der Waals surface area contributed by atoms with E-state index in [0.29, 0.717) is 9.79 Å². The first-order valence-electron chi connectivity index (χ1n) is 20.3. The van der Waals surface area contributed by atoms with E-state index >= 15 is 0 Å². The summed E-state index contributed by atoms with van der Waals surface area (Å²) >= 11 is 0. The number of nitrogens with zero attached hydrogens (tertiary/aromatic N) is 2. The second-order valence-electron chi connectivity index (χ2n) is 16.0.